The lowest BCUT2D eigenvalue weighted by Gasteiger charge is -2.10. The maximum Gasteiger partial charge on any atom is 0.266 e. The molecule has 0 aliphatic rings. The molecule has 1 amide bonds. The smallest absolute Gasteiger partial charge is 0.266 e. The van der Waals surface area contributed by atoms with E-state index in [9.17, 15) is 15.2 Å². The number of carbonyl (C=O) groups excluding carboxylic acids is 1. The molecule has 0 aromatic heterocycles. The van der Waals surface area contributed by atoms with Crippen LogP contribution in [0.5, 0.6) is 17.2 Å². The summed E-state index contributed by atoms with van der Waals surface area (Å²) in [5.41, 5.74) is 0.986. The number of ether oxygens (including phenoxy) is 2. The van der Waals surface area contributed by atoms with Crippen LogP contribution in [0.4, 0.5) is 5.69 Å². The zero-order valence-corrected chi connectivity index (χ0v) is 13.2. The first-order valence-corrected chi connectivity index (χ1v) is 7.02. The second-order valence-corrected chi connectivity index (χ2v) is 4.76. The van der Waals surface area contributed by atoms with E-state index in [2.05, 4.69) is 5.32 Å². The summed E-state index contributed by atoms with van der Waals surface area (Å²) in [6.07, 6.45) is 1.39. The van der Waals surface area contributed by atoms with Crippen LogP contribution >= 0.6 is 0 Å². The lowest BCUT2D eigenvalue weighted by Crippen LogP contribution is -2.13. The first-order chi connectivity index (χ1) is 11.6. The molecule has 0 spiro atoms. The lowest BCUT2D eigenvalue weighted by molar-refractivity contribution is -0.112. The molecular weight excluding hydrogens is 308 g/mol. The Hall–Kier alpha value is -3.46. The summed E-state index contributed by atoms with van der Waals surface area (Å²) < 4.78 is 10.1. The van der Waals surface area contributed by atoms with Gasteiger partial charge in [0, 0.05) is 5.69 Å². The quantitative estimate of drug-likeness (QED) is 0.652. The molecule has 0 atom stereocenters. The van der Waals surface area contributed by atoms with Gasteiger partial charge in [0.15, 0.2) is 11.5 Å². The zero-order chi connectivity index (χ0) is 17.5. The van der Waals surface area contributed by atoms with Crippen molar-refractivity contribution in [1.82, 2.24) is 0 Å². The highest BCUT2D eigenvalue weighted by molar-refractivity contribution is 6.09. The van der Waals surface area contributed by atoms with Gasteiger partial charge in [-0.1, -0.05) is 18.2 Å². The highest BCUT2D eigenvalue weighted by Crippen LogP contribution is 2.37. The van der Waals surface area contributed by atoms with E-state index in [1.165, 1.54) is 32.4 Å². The van der Waals surface area contributed by atoms with Crippen LogP contribution < -0.4 is 14.8 Å². The SMILES string of the molecule is COc1cc(/C=C(\C#N)C(=O)Nc2ccccc2)cc(OC)c1O. The Morgan fingerprint density at radius 3 is 2.25 bits per heavy atom. The predicted molar refractivity (Wildman–Crippen MR) is 89.9 cm³/mol. The molecule has 2 N–H and O–H groups in total. The Morgan fingerprint density at radius 1 is 1.17 bits per heavy atom. The van der Waals surface area contributed by atoms with Crippen molar-refractivity contribution in [3.8, 4) is 23.3 Å². The second kappa shape index (κ2) is 7.70. The molecule has 0 aliphatic heterocycles. The number of hydrogen-bond acceptors (Lipinski definition) is 5. The summed E-state index contributed by atoms with van der Waals surface area (Å²) in [6, 6.07) is 13.7. The molecule has 0 heterocycles. The molecule has 0 aliphatic carbocycles. The second-order valence-electron chi connectivity index (χ2n) is 4.76. The number of para-hydroxylation sites is 1. The van der Waals surface area contributed by atoms with Gasteiger partial charge in [-0.25, -0.2) is 0 Å². The summed E-state index contributed by atoms with van der Waals surface area (Å²) in [7, 11) is 2.80. The van der Waals surface area contributed by atoms with Crippen molar-refractivity contribution in [2.45, 2.75) is 0 Å². The highest BCUT2D eigenvalue weighted by Gasteiger charge is 2.13. The topological polar surface area (TPSA) is 91.6 Å². The molecule has 122 valence electrons. The van der Waals surface area contributed by atoms with Crippen LogP contribution in [0.2, 0.25) is 0 Å². The van der Waals surface area contributed by atoms with Gasteiger partial charge in [0.1, 0.15) is 11.6 Å². The molecule has 2 aromatic carbocycles. The molecule has 0 unspecified atom stereocenters. The van der Waals surface area contributed by atoms with Gasteiger partial charge >= 0.3 is 0 Å². The van der Waals surface area contributed by atoms with Crippen molar-refractivity contribution in [3.63, 3.8) is 0 Å². The number of nitriles is 1. The van der Waals surface area contributed by atoms with Gasteiger partial charge in [0.25, 0.3) is 5.91 Å². The van der Waals surface area contributed by atoms with Crippen molar-refractivity contribution in [1.29, 1.82) is 5.26 Å². The van der Waals surface area contributed by atoms with E-state index < -0.39 is 5.91 Å². The fraction of sp³-hybridized carbons (Fsp3) is 0.111. The summed E-state index contributed by atoms with van der Waals surface area (Å²) in [4.78, 5) is 12.2. The third-order valence-corrected chi connectivity index (χ3v) is 3.21. The zero-order valence-electron chi connectivity index (χ0n) is 13.2. The number of anilines is 1. The maximum absolute atomic E-state index is 12.2. The van der Waals surface area contributed by atoms with Gasteiger partial charge in [0.05, 0.1) is 14.2 Å². The Balaban J connectivity index is 2.33. The summed E-state index contributed by atoms with van der Waals surface area (Å²) >= 11 is 0. The van der Waals surface area contributed by atoms with Gasteiger partial charge in [0.2, 0.25) is 5.75 Å². The number of aromatic hydroxyl groups is 1. The van der Waals surface area contributed by atoms with E-state index >= 15 is 0 Å². The van der Waals surface area contributed by atoms with E-state index in [0.717, 1.165) is 0 Å². The molecule has 2 rings (SSSR count). The Kier molecular flexibility index (Phi) is 5.42. The first-order valence-electron chi connectivity index (χ1n) is 7.02. The van der Waals surface area contributed by atoms with E-state index in [-0.39, 0.29) is 22.8 Å². The van der Waals surface area contributed by atoms with Crippen LogP contribution in [-0.2, 0) is 4.79 Å². The number of rotatable bonds is 5. The number of amides is 1. The van der Waals surface area contributed by atoms with Gasteiger partial charge in [-0.05, 0) is 35.9 Å². The number of phenols is 1. The number of benzene rings is 2. The first kappa shape index (κ1) is 16.9. The van der Waals surface area contributed by atoms with Gasteiger partial charge in [-0.3, -0.25) is 4.79 Å². The average Bonchev–Trinajstić information content (AvgIpc) is 2.61. The number of carbonyl (C=O) groups is 1. The fourth-order valence-electron chi connectivity index (χ4n) is 2.03. The number of nitrogens with zero attached hydrogens (tertiary/aromatic N) is 1. The van der Waals surface area contributed by atoms with Gasteiger partial charge in [-0.2, -0.15) is 5.26 Å². The number of phenolic OH excluding ortho intramolecular Hbond substituents is 1. The monoisotopic (exact) mass is 324 g/mol. The molecule has 2 aromatic rings. The van der Waals surface area contributed by atoms with Crippen molar-refractivity contribution in [2.24, 2.45) is 0 Å². The number of hydrogen-bond donors (Lipinski definition) is 2. The summed E-state index contributed by atoms with van der Waals surface area (Å²) in [5.74, 6) is -0.318. The van der Waals surface area contributed by atoms with Crippen LogP contribution in [0.15, 0.2) is 48.0 Å². The van der Waals surface area contributed by atoms with E-state index in [4.69, 9.17) is 9.47 Å². The van der Waals surface area contributed by atoms with Crippen LogP contribution in [0.1, 0.15) is 5.56 Å². The summed E-state index contributed by atoms with van der Waals surface area (Å²) in [5, 5.41) is 21.8. The predicted octanol–water partition coefficient (Wildman–Crippen LogP) is 2.96. The molecular formula is C18H16N2O4. The molecule has 0 fully saturated rings. The molecule has 6 nitrogen and oxygen atoms in total. The van der Waals surface area contributed by atoms with E-state index in [1.807, 2.05) is 12.1 Å². The molecule has 0 saturated carbocycles. The van der Waals surface area contributed by atoms with Crippen molar-refractivity contribution in [3.05, 3.63) is 53.6 Å². The lowest BCUT2D eigenvalue weighted by atomic mass is 10.1. The molecule has 0 saturated heterocycles. The maximum atomic E-state index is 12.2. The van der Waals surface area contributed by atoms with Crippen molar-refractivity contribution in [2.75, 3.05) is 19.5 Å². The van der Waals surface area contributed by atoms with Crippen LogP contribution in [0.3, 0.4) is 0 Å². The third-order valence-electron chi connectivity index (χ3n) is 3.21. The highest BCUT2D eigenvalue weighted by atomic mass is 16.5. The minimum atomic E-state index is -0.533. The molecule has 0 bridgehead atoms. The van der Waals surface area contributed by atoms with Gasteiger partial charge in [-0.15, -0.1) is 0 Å². The van der Waals surface area contributed by atoms with E-state index in [0.29, 0.717) is 11.3 Å². The van der Waals surface area contributed by atoms with Crippen molar-refractivity contribution >= 4 is 17.7 Å². The van der Waals surface area contributed by atoms with Crippen LogP contribution in [0.25, 0.3) is 6.08 Å². The number of nitrogens with one attached hydrogen (secondary N) is 1. The minimum Gasteiger partial charge on any atom is -0.502 e. The largest absolute Gasteiger partial charge is 0.502 e. The van der Waals surface area contributed by atoms with Crippen LogP contribution in [-0.4, -0.2) is 25.2 Å². The Morgan fingerprint density at radius 2 is 1.75 bits per heavy atom. The standard InChI is InChI=1S/C18H16N2O4/c1-23-15-9-12(10-16(24-2)17(15)21)8-13(11-19)18(22)20-14-6-4-3-5-7-14/h3-10,21H,1-2H3,(H,20,22)/b13-8+. The Labute approximate surface area is 139 Å². The summed E-state index contributed by atoms with van der Waals surface area (Å²) in [6.45, 7) is 0. The fourth-order valence-corrected chi connectivity index (χ4v) is 2.03. The molecule has 0 radical (unpaired) electrons. The normalized spacial score (nSPS) is 10.6. The molecule has 24 heavy (non-hydrogen) atoms. The minimum absolute atomic E-state index is 0.0892. The van der Waals surface area contributed by atoms with Crippen LogP contribution in [0, 0.1) is 11.3 Å². The van der Waals surface area contributed by atoms with Crippen molar-refractivity contribution < 1.29 is 19.4 Å². The van der Waals surface area contributed by atoms with Gasteiger partial charge < -0.3 is 19.9 Å². The average molecular weight is 324 g/mol. The third kappa shape index (κ3) is 3.84. The Bertz CT molecular complexity index is 783. The molecule has 6 heteroatoms. The van der Waals surface area contributed by atoms with E-state index in [1.54, 1.807) is 24.3 Å². The number of methoxy groups -OCH3 is 2.